The van der Waals surface area contributed by atoms with Gasteiger partial charge in [0.15, 0.2) is 0 Å². The molecule has 0 saturated heterocycles. The predicted molar refractivity (Wildman–Crippen MR) is 95.7 cm³/mol. The topological polar surface area (TPSA) is 74.6 Å². The Morgan fingerprint density at radius 2 is 0.917 bits per heavy atom. The van der Waals surface area contributed by atoms with Crippen molar-refractivity contribution < 1.29 is 36.9 Å². The zero-order valence-corrected chi connectivity index (χ0v) is 17.5. The van der Waals surface area contributed by atoms with E-state index >= 15 is 0 Å². The Kier molecular flexibility index (Phi) is 17.4. The second-order valence-corrected chi connectivity index (χ2v) is 8.68. The molecular formula is C19H38FeO4. The minimum atomic E-state index is -0.682. The van der Waals surface area contributed by atoms with Crippen LogP contribution in [0, 0.1) is 10.8 Å². The third kappa shape index (κ3) is 33.2. The quantitative estimate of drug-likeness (QED) is 0.391. The van der Waals surface area contributed by atoms with E-state index < -0.39 is 11.9 Å². The first-order valence-electron chi connectivity index (χ1n) is 8.77. The maximum atomic E-state index is 10.2. The molecule has 146 valence electrons. The van der Waals surface area contributed by atoms with Crippen LogP contribution in [0.25, 0.3) is 0 Å². The van der Waals surface area contributed by atoms with E-state index in [9.17, 15) is 9.59 Å². The molecule has 0 rings (SSSR count). The molecule has 0 atom stereocenters. The first-order valence-corrected chi connectivity index (χ1v) is 8.77. The number of rotatable bonds is 9. The van der Waals surface area contributed by atoms with Crippen molar-refractivity contribution in [3.63, 3.8) is 0 Å². The summed E-state index contributed by atoms with van der Waals surface area (Å²) in [5.74, 6) is -1.36. The van der Waals surface area contributed by atoms with Gasteiger partial charge in [0, 0.05) is 29.9 Å². The molecule has 0 bridgehead atoms. The maximum Gasteiger partial charge on any atom is 0.303 e. The van der Waals surface area contributed by atoms with Gasteiger partial charge < -0.3 is 10.2 Å². The van der Waals surface area contributed by atoms with Gasteiger partial charge in [0.25, 0.3) is 0 Å². The third-order valence-electron chi connectivity index (χ3n) is 3.38. The first kappa shape index (κ1) is 28.3. The van der Waals surface area contributed by atoms with Crippen molar-refractivity contribution >= 4 is 11.9 Å². The first-order chi connectivity index (χ1) is 10.3. The SMILES string of the molecule is CC(C)(C)CCCCC(=O)O.CC(C)(C)CCCCCC(=O)O.[Fe]. The van der Waals surface area contributed by atoms with Gasteiger partial charge in [0.2, 0.25) is 0 Å². The van der Waals surface area contributed by atoms with Crippen molar-refractivity contribution in [1.29, 1.82) is 0 Å². The molecule has 0 saturated carbocycles. The number of carbonyl (C=O) groups is 2. The number of carboxylic acid groups (broad SMARTS) is 2. The summed E-state index contributed by atoms with van der Waals surface area (Å²) in [6, 6.07) is 0. The molecule has 0 amide bonds. The molecule has 0 aliphatic carbocycles. The van der Waals surface area contributed by atoms with Gasteiger partial charge in [0.1, 0.15) is 0 Å². The summed E-state index contributed by atoms with van der Waals surface area (Å²) in [5, 5.41) is 16.7. The van der Waals surface area contributed by atoms with Gasteiger partial charge in [-0.05, 0) is 36.5 Å². The van der Waals surface area contributed by atoms with Crippen LogP contribution in [0.4, 0.5) is 0 Å². The second kappa shape index (κ2) is 14.8. The van der Waals surface area contributed by atoms with Gasteiger partial charge in [-0.2, -0.15) is 0 Å². The molecule has 24 heavy (non-hydrogen) atoms. The van der Waals surface area contributed by atoms with Crippen molar-refractivity contribution in [2.75, 3.05) is 0 Å². The number of hydrogen-bond donors (Lipinski definition) is 2. The normalized spacial score (nSPS) is 11.1. The zero-order chi connectivity index (χ0) is 18.5. The van der Waals surface area contributed by atoms with E-state index in [1.54, 1.807) is 0 Å². The molecule has 5 heteroatoms. The van der Waals surface area contributed by atoms with Crippen molar-refractivity contribution in [1.82, 2.24) is 0 Å². The summed E-state index contributed by atoms with van der Waals surface area (Å²) in [6.07, 6.45) is 7.79. The van der Waals surface area contributed by atoms with E-state index in [4.69, 9.17) is 10.2 Å². The third-order valence-corrected chi connectivity index (χ3v) is 3.38. The fourth-order valence-corrected chi connectivity index (χ4v) is 2.04. The van der Waals surface area contributed by atoms with Gasteiger partial charge in [-0.1, -0.05) is 60.8 Å². The van der Waals surface area contributed by atoms with Crippen LogP contribution in [0.2, 0.25) is 0 Å². The molecule has 0 aliphatic heterocycles. The van der Waals surface area contributed by atoms with Crippen molar-refractivity contribution in [2.45, 2.75) is 99.3 Å². The van der Waals surface area contributed by atoms with Crippen molar-refractivity contribution in [2.24, 2.45) is 10.8 Å². The van der Waals surface area contributed by atoms with E-state index in [1.165, 1.54) is 6.42 Å². The van der Waals surface area contributed by atoms with Gasteiger partial charge in [-0.15, -0.1) is 0 Å². The van der Waals surface area contributed by atoms with Crippen LogP contribution >= 0.6 is 0 Å². The standard InChI is InChI=1S/C10H20O2.C9H18O2.Fe/c1-10(2,3)8-6-4-5-7-9(11)12;1-9(2,3)7-5-4-6-8(10)11;/h4-8H2,1-3H3,(H,11,12);4-7H2,1-3H3,(H,10,11);. The molecule has 0 radical (unpaired) electrons. The van der Waals surface area contributed by atoms with E-state index in [0.717, 1.165) is 38.5 Å². The maximum absolute atomic E-state index is 10.2. The largest absolute Gasteiger partial charge is 0.481 e. The Labute approximate surface area is 159 Å². The van der Waals surface area contributed by atoms with E-state index in [0.29, 0.717) is 23.7 Å². The molecule has 0 fully saturated rings. The molecule has 0 aromatic rings. The Hall–Kier alpha value is -0.541. The Balaban J connectivity index is -0.000000354. The average Bonchev–Trinajstić information content (AvgIpc) is 2.32. The Morgan fingerprint density at radius 3 is 1.21 bits per heavy atom. The fraction of sp³-hybridized carbons (Fsp3) is 0.895. The number of unbranched alkanes of at least 4 members (excludes halogenated alkanes) is 3. The van der Waals surface area contributed by atoms with E-state index in [2.05, 4.69) is 41.5 Å². The predicted octanol–water partition coefficient (Wildman–Crippen LogP) is 5.74. The van der Waals surface area contributed by atoms with Crippen LogP contribution in [0.3, 0.4) is 0 Å². The molecule has 0 aromatic heterocycles. The van der Waals surface area contributed by atoms with E-state index in [-0.39, 0.29) is 17.1 Å². The molecule has 0 aromatic carbocycles. The van der Waals surface area contributed by atoms with Gasteiger partial charge in [-0.25, -0.2) is 0 Å². The van der Waals surface area contributed by atoms with Gasteiger partial charge in [-0.3, -0.25) is 9.59 Å². The monoisotopic (exact) mass is 386 g/mol. The second-order valence-electron chi connectivity index (χ2n) is 8.68. The van der Waals surface area contributed by atoms with Gasteiger partial charge >= 0.3 is 11.9 Å². The molecule has 2 N–H and O–H groups in total. The average molecular weight is 386 g/mol. The Morgan fingerprint density at radius 1 is 0.625 bits per heavy atom. The molecule has 4 nitrogen and oxygen atoms in total. The molecule has 0 spiro atoms. The molecule has 0 heterocycles. The van der Waals surface area contributed by atoms with Crippen LogP contribution in [0.5, 0.6) is 0 Å². The van der Waals surface area contributed by atoms with Crippen LogP contribution in [-0.2, 0) is 26.7 Å². The van der Waals surface area contributed by atoms with Gasteiger partial charge in [0.05, 0.1) is 0 Å². The minimum Gasteiger partial charge on any atom is -0.481 e. The summed E-state index contributed by atoms with van der Waals surface area (Å²) in [7, 11) is 0. The van der Waals surface area contributed by atoms with Crippen LogP contribution in [-0.4, -0.2) is 22.2 Å². The van der Waals surface area contributed by atoms with Crippen LogP contribution < -0.4 is 0 Å². The number of aliphatic carboxylic acids is 2. The molecular weight excluding hydrogens is 348 g/mol. The summed E-state index contributed by atoms with van der Waals surface area (Å²) in [5.41, 5.74) is 0.738. The summed E-state index contributed by atoms with van der Waals surface area (Å²) in [4.78, 5) is 20.3. The Bertz CT molecular complexity index is 327. The summed E-state index contributed by atoms with van der Waals surface area (Å²) < 4.78 is 0. The van der Waals surface area contributed by atoms with Crippen molar-refractivity contribution in [3.8, 4) is 0 Å². The zero-order valence-electron chi connectivity index (χ0n) is 16.4. The van der Waals surface area contributed by atoms with Crippen LogP contribution in [0.1, 0.15) is 99.3 Å². The molecule has 0 unspecified atom stereocenters. The van der Waals surface area contributed by atoms with Crippen LogP contribution in [0.15, 0.2) is 0 Å². The summed E-state index contributed by atoms with van der Waals surface area (Å²) in [6.45, 7) is 13.2. The summed E-state index contributed by atoms with van der Waals surface area (Å²) >= 11 is 0. The number of hydrogen-bond acceptors (Lipinski definition) is 2. The smallest absolute Gasteiger partial charge is 0.303 e. The number of carboxylic acids is 2. The fourth-order valence-electron chi connectivity index (χ4n) is 2.04. The molecule has 0 aliphatic rings. The van der Waals surface area contributed by atoms with E-state index in [1.807, 2.05) is 0 Å². The minimum absolute atomic E-state index is 0. The van der Waals surface area contributed by atoms with Crippen molar-refractivity contribution in [3.05, 3.63) is 0 Å².